The Bertz CT molecular complexity index is 1270. The van der Waals surface area contributed by atoms with Crippen LogP contribution in [0.25, 0.3) is 6.08 Å². The van der Waals surface area contributed by atoms with E-state index in [2.05, 4.69) is 27.9 Å². The maximum atomic E-state index is 13.2. The van der Waals surface area contributed by atoms with Gasteiger partial charge >= 0.3 is 0 Å². The van der Waals surface area contributed by atoms with Crippen LogP contribution in [-0.4, -0.2) is 16.9 Å². The van der Waals surface area contributed by atoms with Crippen molar-refractivity contribution in [2.75, 3.05) is 4.90 Å². The Morgan fingerprint density at radius 2 is 1.70 bits per heavy atom. The summed E-state index contributed by atoms with van der Waals surface area (Å²) in [6.07, 6.45) is 1.57. The first-order chi connectivity index (χ1) is 15.8. The predicted molar refractivity (Wildman–Crippen MR) is 142 cm³/mol. The molecule has 0 atom stereocenters. The highest BCUT2D eigenvalue weighted by Crippen LogP contribution is 2.26. The minimum absolute atomic E-state index is 0.0242. The molecule has 0 bridgehead atoms. The molecule has 0 aliphatic carbocycles. The lowest BCUT2D eigenvalue weighted by Crippen LogP contribution is -2.54. The normalized spacial score (nSPS) is 15.1. The average molecular weight is 568 g/mol. The van der Waals surface area contributed by atoms with Crippen molar-refractivity contribution >= 4 is 63.5 Å². The van der Waals surface area contributed by atoms with E-state index >= 15 is 0 Å². The minimum Gasteiger partial charge on any atom is -0.489 e. The SMILES string of the molecule is Cc1ccc(N2C(=O)/C(=C/c3ccc(OCc4ccc(I)cc4)cc3)C(=O)NC2=S)c(C)c1. The quantitative estimate of drug-likeness (QED) is 0.196. The molecule has 0 aromatic heterocycles. The summed E-state index contributed by atoms with van der Waals surface area (Å²) in [7, 11) is 0. The van der Waals surface area contributed by atoms with Crippen LogP contribution >= 0.6 is 34.8 Å². The van der Waals surface area contributed by atoms with E-state index in [1.54, 1.807) is 6.08 Å². The fourth-order valence-corrected chi connectivity index (χ4v) is 4.14. The number of halogens is 1. The van der Waals surface area contributed by atoms with E-state index in [0.717, 1.165) is 16.7 Å². The standard InChI is InChI=1S/C26H21IN2O3S/c1-16-3-12-23(17(2)13-16)29-25(31)22(24(30)28-26(29)33)14-18-6-10-21(11-7-18)32-15-19-4-8-20(27)9-5-19/h3-14H,15H2,1-2H3,(H,28,30,33)/b22-14+. The lowest BCUT2D eigenvalue weighted by Gasteiger charge is -2.30. The van der Waals surface area contributed by atoms with E-state index in [9.17, 15) is 9.59 Å². The van der Waals surface area contributed by atoms with Gasteiger partial charge in [0.15, 0.2) is 5.11 Å². The molecule has 33 heavy (non-hydrogen) atoms. The third kappa shape index (κ3) is 5.31. The molecule has 1 N–H and O–H groups in total. The van der Waals surface area contributed by atoms with Crippen LogP contribution < -0.4 is 15.0 Å². The van der Waals surface area contributed by atoms with Crippen molar-refractivity contribution in [1.29, 1.82) is 0 Å². The predicted octanol–water partition coefficient (Wildman–Crippen LogP) is 5.32. The van der Waals surface area contributed by atoms with Gasteiger partial charge in [-0.3, -0.25) is 19.8 Å². The van der Waals surface area contributed by atoms with Gasteiger partial charge in [-0.1, -0.05) is 42.0 Å². The first kappa shape index (κ1) is 23.1. The van der Waals surface area contributed by atoms with Gasteiger partial charge in [-0.15, -0.1) is 0 Å². The summed E-state index contributed by atoms with van der Waals surface area (Å²) in [6, 6.07) is 21.1. The van der Waals surface area contributed by atoms with Gasteiger partial charge in [0.25, 0.3) is 11.8 Å². The van der Waals surface area contributed by atoms with Crippen LogP contribution in [0.1, 0.15) is 22.3 Å². The number of nitrogens with one attached hydrogen (secondary N) is 1. The zero-order valence-electron chi connectivity index (χ0n) is 18.1. The smallest absolute Gasteiger partial charge is 0.270 e. The number of hydrogen-bond donors (Lipinski definition) is 1. The first-order valence-corrected chi connectivity index (χ1v) is 11.8. The molecule has 1 aliphatic heterocycles. The minimum atomic E-state index is -0.509. The second-order valence-corrected chi connectivity index (χ2v) is 9.36. The van der Waals surface area contributed by atoms with Crippen LogP contribution in [0, 0.1) is 17.4 Å². The number of amides is 2. The van der Waals surface area contributed by atoms with Gasteiger partial charge in [0.05, 0.1) is 5.69 Å². The Hall–Kier alpha value is -3.04. The molecular weight excluding hydrogens is 547 g/mol. The van der Waals surface area contributed by atoms with Crippen LogP contribution in [0.5, 0.6) is 5.75 Å². The molecule has 5 nitrogen and oxygen atoms in total. The number of aryl methyl sites for hydroxylation is 2. The van der Waals surface area contributed by atoms with Gasteiger partial charge in [-0.05, 0) is 102 Å². The fraction of sp³-hybridized carbons (Fsp3) is 0.115. The van der Waals surface area contributed by atoms with Gasteiger partial charge in [0, 0.05) is 3.57 Å². The largest absolute Gasteiger partial charge is 0.489 e. The van der Waals surface area contributed by atoms with Crippen LogP contribution in [-0.2, 0) is 16.2 Å². The Kier molecular flexibility index (Phi) is 6.90. The molecule has 2 amide bonds. The van der Waals surface area contributed by atoms with Crippen molar-refractivity contribution in [3.8, 4) is 5.75 Å². The van der Waals surface area contributed by atoms with Gasteiger partial charge in [-0.2, -0.15) is 0 Å². The zero-order valence-corrected chi connectivity index (χ0v) is 21.1. The number of hydrogen-bond acceptors (Lipinski definition) is 4. The van der Waals surface area contributed by atoms with E-state index in [1.165, 1.54) is 8.47 Å². The Morgan fingerprint density at radius 3 is 2.36 bits per heavy atom. The van der Waals surface area contributed by atoms with Crippen LogP contribution in [0.4, 0.5) is 5.69 Å². The third-order valence-corrected chi connectivity index (χ3v) is 6.21. The summed E-state index contributed by atoms with van der Waals surface area (Å²) in [5.41, 5.74) is 4.45. The Morgan fingerprint density at radius 1 is 1.00 bits per heavy atom. The highest BCUT2D eigenvalue weighted by Gasteiger charge is 2.35. The average Bonchev–Trinajstić information content (AvgIpc) is 2.78. The number of nitrogens with zero attached hydrogens (tertiary/aromatic N) is 1. The molecule has 7 heteroatoms. The molecule has 1 aliphatic rings. The van der Waals surface area contributed by atoms with Crippen molar-refractivity contribution in [3.05, 3.63) is 98.1 Å². The molecule has 0 saturated carbocycles. The van der Waals surface area contributed by atoms with E-state index in [-0.39, 0.29) is 10.7 Å². The van der Waals surface area contributed by atoms with Crippen molar-refractivity contribution < 1.29 is 14.3 Å². The molecule has 1 fully saturated rings. The molecule has 3 aromatic rings. The number of anilines is 1. The number of benzene rings is 3. The monoisotopic (exact) mass is 568 g/mol. The van der Waals surface area contributed by atoms with Gasteiger partial charge < -0.3 is 4.74 Å². The summed E-state index contributed by atoms with van der Waals surface area (Å²) in [5, 5.41) is 2.71. The summed E-state index contributed by atoms with van der Waals surface area (Å²) in [6.45, 7) is 4.35. The molecule has 3 aromatic carbocycles. The first-order valence-electron chi connectivity index (χ1n) is 10.3. The Labute approximate surface area is 211 Å². The summed E-state index contributed by atoms with van der Waals surface area (Å²) >= 11 is 7.56. The third-order valence-electron chi connectivity index (χ3n) is 5.20. The molecule has 0 spiro atoms. The number of thiocarbonyl (C=S) groups is 1. The van der Waals surface area contributed by atoms with Crippen molar-refractivity contribution in [1.82, 2.24) is 5.32 Å². The maximum absolute atomic E-state index is 13.2. The fourth-order valence-electron chi connectivity index (χ4n) is 3.51. The second kappa shape index (κ2) is 9.84. The number of carbonyl (C=O) groups excluding carboxylic acids is 2. The molecule has 0 unspecified atom stereocenters. The summed E-state index contributed by atoms with van der Waals surface area (Å²) in [4.78, 5) is 27.1. The van der Waals surface area contributed by atoms with Gasteiger partial charge in [0.1, 0.15) is 17.9 Å². The number of carbonyl (C=O) groups is 2. The molecule has 4 rings (SSSR count). The molecule has 1 heterocycles. The Balaban J connectivity index is 1.53. The summed E-state index contributed by atoms with van der Waals surface area (Å²) < 4.78 is 7.01. The van der Waals surface area contributed by atoms with Crippen molar-refractivity contribution in [2.24, 2.45) is 0 Å². The molecule has 1 saturated heterocycles. The summed E-state index contributed by atoms with van der Waals surface area (Å²) in [5.74, 6) is -0.256. The molecule has 166 valence electrons. The maximum Gasteiger partial charge on any atom is 0.270 e. The lowest BCUT2D eigenvalue weighted by molar-refractivity contribution is -0.122. The van der Waals surface area contributed by atoms with Crippen LogP contribution in [0.3, 0.4) is 0 Å². The molecular formula is C26H21IN2O3S. The van der Waals surface area contributed by atoms with Crippen molar-refractivity contribution in [2.45, 2.75) is 20.5 Å². The van der Waals surface area contributed by atoms with E-state index in [4.69, 9.17) is 17.0 Å². The van der Waals surface area contributed by atoms with E-state index < -0.39 is 11.8 Å². The van der Waals surface area contributed by atoms with Crippen LogP contribution in [0.2, 0.25) is 0 Å². The van der Waals surface area contributed by atoms with E-state index in [0.29, 0.717) is 23.6 Å². The zero-order chi connectivity index (χ0) is 23.5. The van der Waals surface area contributed by atoms with Crippen LogP contribution in [0.15, 0.2) is 72.3 Å². The topological polar surface area (TPSA) is 58.6 Å². The number of ether oxygens (including phenoxy) is 1. The van der Waals surface area contributed by atoms with Gasteiger partial charge in [0.2, 0.25) is 0 Å². The van der Waals surface area contributed by atoms with Crippen molar-refractivity contribution in [3.63, 3.8) is 0 Å². The lowest BCUT2D eigenvalue weighted by atomic mass is 10.0. The van der Waals surface area contributed by atoms with E-state index in [1.807, 2.05) is 80.6 Å². The highest BCUT2D eigenvalue weighted by molar-refractivity contribution is 14.1. The highest BCUT2D eigenvalue weighted by atomic mass is 127. The molecule has 0 radical (unpaired) electrons. The van der Waals surface area contributed by atoms with Gasteiger partial charge in [-0.25, -0.2) is 0 Å². The number of rotatable bonds is 5. The second-order valence-electron chi connectivity index (χ2n) is 7.73.